The van der Waals surface area contributed by atoms with Crippen LogP contribution in [-0.2, 0) is 9.59 Å². The highest BCUT2D eigenvalue weighted by Crippen LogP contribution is 2.38. The maximum Gasteiger partial charge on any atom is 0.237 e. The molecule has 4 N–H and O–H groups in total. The molecule has 0 bridgehead atoms. The molecular formula is C15H22ClN3O4. The van der Waals surface area contributed by atoms with Gasteiger partial charge in [0, 0.05) is 6.54 Å². The lowest BCUT2D eigenvalue weighted by Crippen LogP contribution is -2.58. The molecular weight excluding hydrogens is 322 g/mol. The molecule has 2 aliphatic heterocycles. The number of likely N-dealkylation sites (N-methyl/N-ethyl adjacent to an activating group) is 1. The molecule has 5 unspecified atom stereocenters. The second kappa shape index (κ2) is 7.11. The summed E-state index contributed by atoms with van der Waals surface area (Å²) in [6.07, 6.45) is 4.30. The van der Waals surface area contributed by atoms with E-state index in [9.17, 15) is 19.8 Å². The number of aliphatic hydroxyl groups is 2. The number of halogens is 1. The van der Waals surface area contributed by atoms with Gasteiger partial charge in [-0.25, -0.2) is 0 Å². The smallest absolute Gasteiger partial charge is 0.237 e. The zero-order chi connectivity index (χ0) is 15.9. The molecule has 0 radical (unpaired) electrons. The van der Waals surface area contributed by atoms with E-state index in [4.69, 9.17) is 0 Å². The van der Waals surface area contributed by atoms with Gasteiger partial charge in [-0.1, -0.05) is 18.2 Å². The standard InChI is InChI=1S/C15H21N3O4.ClH/c1-16-7-8-3-2-4-9-12(8)15(22)18(14(9)21)10-5-6-11(19)17-13(10)20;/h2-4,9-13,16-17,19-20H,5-7H2,1H3;1H. The SMILES string of the molecule is CNCC1=CC=CC2C(=O)N(C3CCC(O)NC3O)C(=O)C12.Cl. The molecule has 0 aromatic rings. The van der Waals surface area contributed by atoms with E-state index in [1.54, 1.807) is 13.1 Å². The van der Waals surface area contributed by atoms with Crippen molar-refractivity contribution in [2.24, 2.45) is 11.8 Å². The van der Waals surface area contributed by atoms with E-state index in [-0.39, 0.29) is 24.2 Å². The minimum absolute atomic E-state index is 0. The quantitative estimate of drug-likeness (QED) is 0.496. The topological polar surface area (TPSA) is 102 Å². The minimum Gasteiger partial charge on any atom is -0.379 e. The number of allylic oxidation sites excluding steroid dienone is 2. The Morgan fingerprint density at radius 1 is 1.30 bits per heavy atom. The second-order valence-corrected chi connectivity index (χ2v) is 5.98. The van der Waals surface area contributed by atoms with Crippen molar-refractivity contribution in [1.29, 1.82) is 0 Å². The van der Waals surface area contributed by atoms with Crippen LogP contribution >= 0.6 is 12.4 Å². The number of amides is 2. The van der Waals surface area contributed by atoms with E-state index < -0.39 is 30.3 Å². The van der Waals surface area contributed by atoms with Gasteiger partial charge >= 0.3 is 0 Å². The first-order valence-electron chi connectivity index (χ1n) is 7.55. The normalized spacial score (nSPS) is 36.6. The van der Waals surface area contributed by atoms with Gasteiger partial charge in [0.05, 0.1) is 17.9 Å². The summed E-state index contributed by atoms with van der Waals surface area (Å²) in [5, 5.41) is 25.2. The summed E-state index contributed by atoms with van der Waals surface area (Å²) < 4.78 is 0. The third kappa shape index (κ3) is 3.07. The fraction of sp³-hybridized carbons (Fsp3) is 0.600. The second-order valence-electron chi connectivity index (χ2n) is 5.98. The predicted octanol–water partition coefficient (Wildman–Crippen LogP) is -0.886. The highest BCUT2D eigenvalue weighted by Gasteiger charge is 2.52. The number of rotatable bonds is 3. The van der Waals surface area contributed by atoms with Gasteiger partial charge in [-0.15, -0.1) is 12.4 Å². The molecule has 2 fully saturated rings. The molecule has 7 nitrogen and oxygen atoms in total. The molecule has 0 aromatic carbocycles. The Labute approximate surface area is 140 Å². The van der Waals surface area contributed by atoms with Gasteiger partial charge in [0.2, 0.25) is 11.8 Å². The summed E-state index contributed by atoms with van der Waals surface area (Å²) in [7, 11) is 1.80. The predicted molar refractivity (Wildman–Crippen MR) is 85.4 cm³/mol. The van der Waals surface area contributed by atoms with Crippen LogP contribution in [0.25, 0.3) is 0 Å². The van der Waals surface area contributed by atoms with Crippen molar-refractivity contribution in [2.75, 3.05) is 13.6 Å². The molecule has 2 amide bonds. The Bertz CT molecular complexity index is 551. The Kier molecular flexibility index (Phi) is 5.59. The monoisotopic (exact) mass is 343 g/mol. The molecule has 2 heterocycles. The van der Waals surface area contributed by atoms with Gasteiger partial charge in [-0.3, -0.25) is 19.8 Å². The molecule has 0 saturated carbocycles. The number of imide groups is 1. The average molecular weight is 344 g/mol. The Balaban J connectivity index is 0.00000192. The molecule has 128 valence electrons. The van der Waals surface area contributed by atoms with E-state index in [1.807, 2.05) is 12.2 Å². The van der Waals surface area contributed by atoms with Crippen molar-refractivity contribution in [2.45, 2.75) is 31.3 Å². The van der Waals surface area contributed by atoms with Gasteiger partial charge in [0.15, 0.2) is 0 Å². The molecule has 3 aliphatic rings. The van der Waals surface area contributed by atoms with E-state index in [2.05, 4.69) is 10.6 Å². The summed E-state index contributed by atoms with van der Waals surface area (Å²) in [6, 6.07) is -0.627. The van der Waals surface area contributed by atoms with Gasteiger partial charge < -0.3 is 15.5 Å². The van der Waals surface area contributed by atoms with Gasteiger partial charge in [-0.2, -0.15) is 0 Å². The summed E-state index contributed by atoms with van der Waals surface area (Å²) in [5.74, 6) is -1.50. The van der Waals surface area contributed by atoms with Crippen LogP contribution in [0.5, 0.6) is 0 Å². The first-order valence-corrected chi connectivity index (χ1v) is 7.55. The van der Waals surface area contributed by atoms with Crippen LogP contribution in [0.1, 0.15) is 12.8 Å². The number of piperidine rings is 1. The number of nitrogens with one attached hydrogen (secondary N) is 2. The lowest BCUT2D eigenvalue weighted by Gasteiger charge is -2.36. The fourth-order valence-electron chi connectivity index (χ4n) is 3.55. The molecule has 8 heteroatoms. The summed E-state index contributed by atoms with van der Waals surface area (Å²) in [6.45, 7) is 0.544. The van der Waals surface area contributed by atoms with Gasteiger partial charge in [0.25, 0.3) is 0 Å². The van der Waals surface area contributed by atoms with Crippen molar-refractivity contribution in [3.8, 4) is 0 Å². The van der Waals surface area contributed by atoms with Crippen molar-refractivity contribution in [1.82, 2.24) is 15.5 Å². The van der Waals surface area contributed by atoms with E-state index in [0.29, 0.717) is 19.4 Å². The lowest BCUT2D eigenvalue weighted by atomic mass is 9.84. The van der Waals surface area contributed by atoms with E-state index in [0.717, 1.165) is 5.57 Å². The number of carbonyl (C=O) groups excluding carboxylic acids is 2. The summed E-state index contributed by atoms with van der Waals surface area (Å²) >= 11 is 0. The largest absolute Gasteiger partial charge is 0.379 e. The summed E-state index contributed by atoms with van der Waals surface area (Å²) in [5.41, 5.74) is 0.883. The van der Waals surface area contributed by atoms with Crippen LogP contribution in [0.4, 0.5) is 0 Å². The first kappa shape index (κ1) is 18.1. The molecule has 0 spiro atoms. The molecule has 1 aliphatic carbocycles. The van der Waals surface area contributed by atoms with E-state index >= 15 is 0 Å². The van der Waals surface area contributed by atoms with Crippen LogP contribution in [-0.4, -0.2) is 59.0 Å². The third-order valence-electron chi connectivity index (χ3n) is 4.59. The number of carbonyl (C=O) groups is 2. The van der Waals surface area contributed by atoms with Gasteiger partial charge in [0.1, 0.15) is 12.5 Å². The first-order chi connectivity index (χ1) is 10.5. The highest BCUT2D eigenvalue weighted by molar-refractivity contribution is 6.08. The molecule has 23 heavy (non-hydrogen) atoms. The highest BCUT2D eigenvalue weighted by atomic mass is 35.5. The molecule has 3 rings (SSSR count). The molecule has 0 aromatic heterocycles. The van der Waals surface area contributed by atoms with Crippen molar-refractivity contribution in [3.05, 3.63) is 23.8 Å². The average Bonchev–Trinajstić information content (AvgIpc) is 2.73. The Hall–Kier alpha value is -1.25. The minimum atomic E-state index is -1.10. The number of nitrogens with zero attached hydrogens (tertiary/aromatic N) is 1. The van der Waals surface area contributed by atoms with Crippen LogP contribution in [0.2, 0.25) is 0 Å². The Morgan fingerprint density at radius 3 is 2.70 bits per heavy atom. The number of aliphatic hydroxyl groups excluding tert-OH is 2. The third-order valence-corrected chi connectivity index (χ3v) is 4.59. The fourth-order valence-corrected chi connectivity index (χ4v) is 3.55. The number of fused-ring (bicyclic) bond motifs is 1. The summed E-state index contributed by atoms with van der Waals surface area (Å²) in [4.78, 5) is 26.6. The maximum atomic E-state index is 12.8. The van der Waals surface area contributed by atoms with Crippen LogP contribution in [0.15, 0.2) is 23.8 Å². The van der Waals surface area contributed by atoms with Crippen LogP contribution in [0.3, 0.4) is 0 Å². The molecule has 2 saturated heterocycles. The zero-order valence-electron chi connectivity index (χ0n) is 12.8. The Morgan fingerprint density at radius 2 is 2.04 bits per heavy atom. The van der Waals surface area contributed by atoms with Crippen molar-refractivity contribution in [3.63, 3.8) is 0 Å². The van der Waals surface area contributed by atoms with Crippen molar-refractivity contribution < 1.29 is 19.8 Å². The zero-order valence-corrected chi connectivity index (χ0v) is 13.6. The maximum absolute atomic E-state index is 12.8. The molecule has 5 atom stereocenters. The van der Waals surface area contributed by atoms with Gasteiger partial charge in [-0.05, 0) is 25.5 Å². The lowest BCUT2D eigenvalue weighted by molar-refractivity contribution is -0.149. The van der Waals surface area contributed by atoms with E-state index in [1.165, 1.54) is 4.90 Å². The van der Waals surface area contributed by atoms with Crippen LogP contribution < -0.4 is 10.6 Å². The number of hydrogen-bond acceptors (Lipinski definition) is 6. The number of hydrogen-bond donors (Lipinski definition) is 4. The number of likely N-dealkylation sites (tertiary alicyclic amines) is 1. The van der Waals surface area contributed by atoms with Crippen molar-refractivity contribution >= 4 is 24.2 Å². The van der Waals surface area contributed by atoms with Crippen LogP contribution in [0, 0.1) is 11.8 Å².